The predicted octanol–water partition coefficient (Wildman–Crippen LogP) is 4.97. The van der Waals surface area contributed by atoms with Crippen LogP contribution in [-0.2, 0) is 40.0 Å². The highest BCUT2D eigenvalue weighted by atomic mass is 35.5. The number of halogens is 6. The molecule has 1 spiro atoms. The van der Waals surface area contributed by atoms with Gasteiger partial charge in [-0.2, -0.15) is 13.2 Å². The summed E-state index contributed by atoms with van der Waals surface area (Å²) in [7, 11) is 2.78. The second-order valence-electron chi connectivity index (χ2n) is 19.4. The number of amides is 7. The van der Waals surface area contributed by atoms with E-state index in [-0.39, 0.29) is 37.6 Å². The van der Waals surface area contributed by atoms with Crippen molar-refractivity contribution in [3.63, 3.8) is 0 Å². The fraction of sp³-hybridized carbons (Fsp3) is 0.711. The molecule has 1 aromatic carbocycles. The number of hydrogen-bond acceptors (Lipinski definition) is 7. The van der Waals surface area contributed by atoms with E-state index in [0.717, 1.165) is 11.3 Å². The number of nitrogens with zero attached hydrogens (tertiary/aromatic N) is 4. The van der Waals surface area contributed by atoms with Gasteiger partial charge in [0.05, 0.1) is 6.54 Å². The zero-order chi connectivity index (χ0) is 47.8. The summed E-state index contributed by atoms with van der Waals surface area (Å²) in [5.41, 5.74) is -2.80. The van der Waals surface area contributed by atoms with Gasteiger partial charge in [-0.1, -0.05) is 43.5 Å². The van der Waals surface area contributed by atoms with Gasteiger partial charge in [0.15, 0.2) is 0 Å². The molecule has 7 amide bonds. The number of benzene rings is 1. The highest BCUT2D eigenvalue weighted by Gasteiger charge is 2.73. The smallest absolute Gasteiger partial charge is 0.354 e. The second-order valence-corrected chi connectivity index (χ2v) is 20.2. The van der Waals surface area contributed by atoms with Crippen LogP contribution >= 0.6 is 23.2 Å². The Kier molecular flexibility index (Phi) is 15.4. The van der Waals surface area contributed by atoms with Crippen molar-refractivity contribution in [1.29, 1.82) is 0 Å². The standard InChI is InChI=1S/C45H61Cl2F4N7O7/c1-25(2)18-31-40(63)56(5)35(20-27-19-28(46)12-13-30(27)47)41(64)57-17-8-11-33(57)36(59)52-16-7-6-10-32(37(60)54-31)55(4)39(62)26(3)53-38(61)34-21-29(48)22-58(34)42(65)44(45(49,50)51)23-43(24-44)14-9-15-43/h12-13,19,25-26,29,31-35H,6-11,14-18,20-24H2,1-5H3,(H,52,59)(H,53,61)(H,54,60)/t26-,29+,31-,32-,33+,34-,35-/m0/s1. The first-order valence-corrected chi connectivity index (χ1v) is 23.4. The molecular formula is C45H61Cl2F4N7O7. The lowest BCUT2D eigenvalue weighted by Gasteiger charge is -2.60. The lowest BCUT2D eigenvalue weighted by molar-refractivity contribution is -0.285. The average Bonchev–Trinajstić information content (AvgIpc) is 3.86. The summed E-state index contributed by atoms with van der Waals surface area (Å²) in [6.45, 7) is 4.80. The Hall–Kier alpha value is -4.19. The van der Waals surface area contributed by atoms with Gasteiger partial charge in [0.25, 0.3) is 0 Å². The molecule has 6 rings (SSSR count). The van der Waals surface area contributed by atoms with Gasteiger partial charge in [-0.3, -0.25) is 33.6 Å². The first-order chi connectivity index (χ1) is 30.5. The molecule has 3 heterocycles. The Balaban J connectivity index is 1.22. The van der Waals surface area contributed by atoms with E-state index >= 15 is 0 Å². The van der Waals surface area contributed by atoms with Crippen molar-refractivity contribution in [2.75, 3.05) is 33.7 Å². The van der Waals surface area contributed by atoms with Crippen LogP contribution in [0.15, 0.2) is 18.2 Å². The molecule has 0 bridgehead atoms. The molecule has 0 radical (unpaired) electrons. The first kappa shape index (κ1) is 50.2. The average molecular weight is 959 g/mol. The Morgan fingerprint density at radius 3 is 2.29 bits per heavy atom. The summed E-state index contributed by atoms with van der Waals surface area (Å²) in [5.74, 6) is -5.42. The SMILES string of the molecule is CC(C)C[C@@H]1NC(=O)[C@@H](N(C)C(=O)[C@H](C)NC(=O)[C@@H]2C[C@@H](F)CN2C(=O)C2(C(F)(F)F)CC3(CCC3)C2)CCCCNC(=O)[C@H]2CCCN2C(=O)[C@H](Cc2cc(Cl)ccc2Cl)N(C)C1=O. The summed E-state index contributed by atoms with van der Waals surface area (Å²) in [5, 5.41) is 8.85. The van der Waals surface area contributed by atoms with Crippen LogP contribution in [0.2, 0.25) is 10.0 Å². The molecule has 3 N–H and O–H groups in total. The van der Waals surface area contributed by atoms with E-state index in [1.54, 1.807) is 18.2 Å². The lowest BCUT2D eigenvalue weighted by Crippen LogP contribution is -2.66. The van der Waals surface area contributed by atoms with Gasteiger partial charge in [0.1, 0.15) is 47.8 Å². The minimum Gasteiger partial charge on any atom is -0.354 e. The quantitative estimate of drug-likeness (QED) is 0.294. The third-order valence-corrected chi connectivity index (χ3v) is 14.9. The van der Waals surface area contributed by atoms with Crippen LogP contribution in [0, 0.1) is 16.7 Å². The molecule has 65 heavy (non-hydrogen) atoms. The Bertz CT molecular complexity index is 2010. The Morgan fingerprint density at radius 1 is 0.969 bits per heavy atom. The topological polar surface area (TPSA) is 169 Å². The van der Waals surface area contributed by atoms with Crippen LogP contribution in [0.1, 0.15) is 103 Å². The molecule has 5 fully saturated rings. The maximum atomic E-state index is 14.9. The van der Waals surface area contributed by atoms with E-state index < -0.39 is 121 Å². The molecule has 20 heteroatoms. The normalized spacial score (nSPS) is 28.0. The second kappa shape index (κ2) is 20.0. The van der Waals surface area contributed by atoms with E-state index in [4.69, 9.17) is 23.2 Å². The van der Waals surface area contributed by atoms with Gasteiger partial charge in [0, 0.05) is 50.1 Å². The fourth-order valence-corrected chi connectivity index (χ4v) is 10.9. The van der Waals surface area contributed by atoms with Crippen LogP contribution in [0.25, 0.3) is 0 Å². The summed E-state index contributed by atoms with van der Waals surface area (Å²) in [4.78, 5) is 103. The largest absolute Gasteiger partial charge is 0.403 e. The van der Waals surface area contributed by atoms with E-state index in [1.165, 1.54) is 30.8 Å². The molecule has 0 unspecified atom stereocenters. The van der Waals surface area contributed by atoms with Crippen molar-refractivity contribution in [2.45, 2.75) is 153 Å². The minimum atomic E-state index is -4.90. The van der Waals surface area contributed by atoms with E-state index in [1.807, 2.05) is 13.8 Å². The van der Waals surface area contributed by atoms with Crippen molar-refractivity contribution in [3.05, 3.63) is 33.8 Å². The van der Waals surface area contributed by atoms with Crippen molar-refractivity contribution < 1.29 is 51.1 Å². The van der Waals surface area contributed by atoms with Gasteiger partial charge >= 0.3 is 6.18 Å². The highest BCUT2D eigenvalue weighted by Crippen LogP contribution is 2.69. The molecule has 1 aromatic rings. The molecule has 14 nitrogen and oxygen atoms in total. The zero-order valence-electron chi connectivity index (χ0n) is 37.6. The summed E-state index contributed by atoms with van der Waals surface area (Å²) in [6.07, 6.45) is -4.32. The van der Waals surface area contributed by atoms with Gasteiger partial charge in [0.2, 0.25) is 41.4 Å². The number of likely N-dealkylation sites (tertiary alicyclic amines) is 1. The molecule has 2 aliphatic carbocycles. The number of rotatable bonds is 9. The molecule has 2 saturated carbocycles. The van der Waals surface area contributed by atoms with Crippen molar-refractivity contribution in [2.24, 2.45) is 16.7 Å². The Labute approximate surface area is 387 Å². The lowest BCUT2D eigenvalue weighted by atomic mass is 9.44. The molecule has 5 aliphatic rings. The van der Waals surface area contributed by atoms with E-state index in [0.29, 0.717) is 65.6 Å². The number of nitrogens with one attached hydrogen (secondary N) is 3. The van der Waals surface area contributed by atoms with Crippen LogP contribution in [0.5, 0.6) is 0 Å². The molecule has 3 saturated heterocycles. The third kappa shape index (κ3) is 10.5. The number of hydrogen-bond donors (Lipinski definition) is 3. The van der Waals surface area contributed by atoms with Crippen molar-refractivity contribution in [3.8, 4) is 0 Å². The number of carbonyl (C=O) groups is 7. The molecule has 360 valence electrons. The number of likely N-dealkylation sites (N-methyl/N-ethyl adjacent to an activating group) is 2. The predicted molar refractivity (Wildman–Crippen MR) is 233 cm³/mol. The number of fused-ring (bicyclic) bond motifs is 1. The zero-order valence-corrected chi connectivity index (χ0v) is 39.1. The maximum absolute atomic E-state index is 14.9. The van der Waals surface area contributed by atoms with Crippen LogP contribution in [0.4, 0.5) is 17.6 Å². The van der Waals surface area contributed by atoms with E-state index in [2.05, 4.69) is 16.0 Å². The molecule has 7 atom stereocenters. The number of alkyl halides is 4. The van der Waals surface area contributed by atoms with Gasteiger partial charge in [-0.05, 0) is 106 Å². The molecule has 0 aromatic heterocycles. The summed E-state index contributed by atoms with van der Waals surface area (Å²) >= 11 is 12.9. The van der Waals surface area contributed by atoms with Crippen molar-refractivity contribution >= 4 is 64.6 Å². The third-order valence-electron chi connectivity index (χ3n) is 14.3. The fourth-order valence-electron chi connectivity index (χ4n) is 10.5. The molecule has 3 aliphatic heterocycles. The van der Waals surface area contributed by atoms with Crippen molar-refractivity contribution in [1.82, 2.24) is 35.6 Å². The minimum absolute atomic E-state index is 0.0558. The first-order valence-electron chi connectivity index (χ1n) is 22.7. The summed E-state index contributed by atoms with van der Waals surface area (Å²) in [6, 6.07) is -2.58. The number of carbonyl (C=O) groups excluding carboxylic acids is 7. The monoisotopic (exact) mass is 957 g/mol. The van der Waals surface area contributed by atoms with Gasteiger partial charge < -0.3 is 35.6 Å². The maximum Gasteiger partial charge on any atom is 0.403 e. The van der Waals surface area contributed by atoms with Crippen LogP contribution < -0.4 is 16.0 Å². The molecular weight excluding hydrogens is 897 g/mol. The van der Waals surface area contributed by atoms with Gasteiger partial charge in [-0.15, -0.1) is 0 Å². The van der Waals surface area contributed by atoms with Crippen LogP contribution in [-0.4, -0.2) is 143 Å². The van der Waals surface area contributed by atoms with E-state index in [9.17, 15) is 51.1 Å². The summed E-state index contributed by atoms with van der Waals surface area (Å²) < 4.78 is 58.6. The van der Waals surface area contributed by atoms with Gasteiger partial charge in [-0.25, -0.2) is 4.39 Å². The Morgan fingerprint density at radius 2 is 1.66 bits per heavy atom. The van der Waals surface area contributed by atoms with Crippen LogP contribution in [0.3, 0.4) is 0 Å². The highest BCUT2D eigenvalue weighted by molar-refractivity contribution is 6.33.